The predicted molar refractivity (Wildman–Crippen MR) is 126 cm³/mol. The maximum atomic E-state index is 12.7. The number of carbonyl (C=O) groups excluding carboxylic acids is 2. The van der Waals surface area contributed by atoms with E-state index in [1.165, 1.54) is 10.9 Å². The van der Waals surface area contributed by atoms with E-state index in [1.54, 1.807) is 7.05 Å². The lowest BCUT2D eigenvalue weighted by Gasteiger charge is -2.15. The minimum Gasteiger partial charge on any atom is -0.480 e. The van der Waals surface area contributed by atoms with Crippen LogP contribution in [0.5, 0.6) is 0 Å². The monoisotopic (exact) mass is 462 g/mol. The van der Waals surface area contributed by atoms with Gasteiger partial charge in [0.15, 0.2) is 5.82 Å². The molecule has 34 heavy (non-hydrogen) atoms. The van der Waals surface area contributed by atoms with Crippen molar-refractivity contribution in [2.24, 2.45) is 7.05 Å². The average Bonchev–Trinajstić information content (AvgIpc) is 3.34. The topological polar surface area (TPSA) is 123 Å². The minimum absolute atomic E-state index is 0.00198. The fourth-order valence-electron chi connectivity index (χ4n) is 4.26. The summed E-state index contributed by atoms with van der Waals surface area (Å²) in [6, 6.07) is 15.0. The van der Waals surface area contributed by atoms with Gasteiger partial charge in [-0.3, -0.25) is 14.8 Å². The third-order valence-electron chi connectivity index (χ3n) is 5.82. The molecule has 0 saturated carbocycles. The van der Waals surface area contributed by atoms with E-state index in [0.29, 0.717) is 6.42 Å². The maximum Gasteiger partial charge on any atom is 0.412 e. The molecule has 0 fully saturated rings. The third kappa shape index (κ3) is 4.63. The molecule has 9 nitrogen and oxygen atoms in total. The Labute approximate surface area is 196 Å². The number of aliphatic carboxylic acids is 1. The summed E-state index contributed by atoms with van der Waals surface area (Å²) in [6.07, 6.45) is 1.54. The number of nitrogens with one attached hydrogen (secondary N) is 2. The molecule has 2 amide bonds. The summed E-state index contributed by atoms with van der Waals surface area (Å²) in [5.74, 6) is -1.86. The molecule has 176 valence electrons. The Bertz CT molecular complexity index is 1190. The molecule has 0 aliphatic heterocycles. The molecule has 3 aromatic rings. The Morgan fingerprint density at radius 2 is 1.71 bits per heavy atom. The van der Waals surface area contributed by atoms with E-state index in [4.69, 9.17) is 4.74 Å². The highest BCUT2D eigenvalue weighted by Crippen LogP contribution is 2.44. The number of aromatic nitrogens is 2. The standard InChI is InChI=1S/C25H26N4O5/c1-3-8-21(24(31)32)26-23(30)19-13-29(2)28-22(19)27-25(33)34-14-20-17-11-6-4-9-15(17)16-10-5-7-12-18(16)20/h4-7,9-13,20-21H,3,8,14H2,1-2H3,(H,26,30)(H,31,32)(H,27,28,33)/t21-/m0/s1. The highest BCUT2D eigenvalue weighted by molar-refractivity contribution is 6.02. The van der Waals surface area contributed by atoms with Crippen molar-refractivity contribution in [1.82, 2.24) is 15.1 Å². The van der Waals surface area contributed by atoms with Crippen LogP contribution in [0.15, 0.2) is 54.7 Å². The van der Waals surface area contributed by atoms with E-state index >= 15 is 0 Å². The predicted octanol–water partition coefficient (Wildman–Crippen LogP) is 3.76. The van der Waals surface area contributed by atoms with E-state index in [1.807, 2.05) is 43.3 Å². The van der Waals surface area contributed by atoms with E-state index in [-0.39, 0.29) is 30.3 Å². The Morgan fingerprint density at radius 1 is 1.09 bits per heavy atom. The van der Waals surface area contributed by atoms with Crippen LogP contribution in [0.4, 0.5) is 10.6 Å². The van der Waals surface area contributed by atoms with E-state index in [9.17, 15) is 19.5 Å². The average molecular weight is 463 g/mol. The van der Waals surface area contributed by atoms with Crippen molar-refractivity contribution in [1.29, 1.82) is 0 Å². The summed E-state index contributed by atoms with van der Waals surface area (Å²) in [4.78, 5) is 36.7. The second kappa shape index (κ2) is 9.78. The number of benzene rings is 2. The first-order chi connectivity index (χ1) is 16.4. The fraction of sp³-hybridized carbons (Fsp3) is 0.280. The summed E-state index contributed by atoms with van der Waals surface area (Å²) >= 11 is 0. The lowest BCUT2D eigenvalue weighted by atomic mass is 9.98. The van der Waals surface area contributed by atoms with Crippen LogP contribution in [0.25, 0.3) is 11.1 Å². The van der Waals surface area contributed by atoms with Gasteiger partial charge in [0.25, 0.3) is 5.91 Å². The van der Waals surface area contributed by atoms with Gasteiger partial charge in [-0.25, -0.2) is 9.59 Å². The Balaban J connectivity index is 1.45. The molecular formula is C25H26N4O5. The van der Waals surface area contributed by atoms with Gasteiger partial charge in [-0.2, -0.15) is 5.10 Å². The Hall–Kier alpha value is -4.14. The van der Waals surface area contributed by atoms with E-state index < -0.39 is 24.0 Å². The van der Waals surface area contributed by atoms with Gasteiger partial charge in [0.2, 0.25) is 0 Å². The number of hydrogen-bond donors (Lipinski definition) is 3. The van der Waals surface area contributed by atoms with E-state index in [0.717, 1.165) is 22.3 Å². The van der Waals surface area contributed by atoms with Crippen LogP contribution in [0.1, 0.15) is 47.2 Å². The van der Waals surface area contributed by atoms with Gasteiger partial charge in [0, 0.05) is 19.2 Å². The van der Waals surface area contributed by atoms with Crippen LogP contribution in [0, 0.1) is 0 Å². The third-order valence-corrected chi connectivity index (χ3v) is 5.82. The SMILES string of the molecule is CCC[C@H](NC(=O)c1cn(C)nc1NC(=O)OCC1c2ccccc2-c2ccccc21)C(=O)O. The van der Waals surface area contributed by atoms with Crippen molar-refractivity contribution in [3.63, 3.8) is 0 Å². The van der Waals surface area contributed by atoms with Crippen molar-refractivity contribution >= 4 is 23.8 Å². The van der Waals surface area contributed by atoms with Gasteiger partial charge in [-0.05, 0) is 28.7 Å². The fourth-order valence-corrected chi connectivity index (χ4v) is 4.26. The minimum atomic E-state index is -1.12. The second-order valence-electron chi connectivity index (χ2n) is 8.17. The van der Waals surface area contributed by atoms with Crippen LogP contribution in [-0.4, -0.2) is 45.5 Å². The molecule has 3 N–H and O–H groups in total. The normalized spacial score (nSPS) is 13.0. The molecule has 1 atom stereocenters. The molecule has 0 bridgehead atoms. The molecular weight excluding hydrogens is 436 g/mol. The summed E-state index contributed by atoms with van der Waals surface area (Å²) in [7, 11) is 1.60. The zero-order valence-electron chi connectivity index (χ0n) is 18.9. The number of rotatable bonds is 8. The van der Waals surface area contributed by atoms with Gasteiger partial charge in [-0.15, -0.1) is 0 Å². The molecule has 0 spiro atoms. The van der Waals surface area contributed by atoms with Crippen LogP contribution >= 0.6 is 0 Å². The molecule has 1 heterocycles. The van der Waals surface area contributed by atoms with Crippen molar-refractivity contribution < 1.29 is 24.2 Å². The van der Waals surface area contributed by atoms with Gasteiger partial charge in [-0.1, -0.05) is 61.9 Å². The second-order valence-corrected chi connectivity index (χ2v) is 8.17. The summed E-state index contributed by atoms with van der Waals surface area (Å²) < 4.78 is 6.89. The summed E-state index contributed by atoms with van der Waals surface area (Å²) in [6.45, 7) is 1.95. The van der Waals surface area contributed by atoms with Gasteiger partial charge in [0.1, 0.15) is 18.2 Å². The number of carbonyl (C=O) groups is 3. The first-order valence-corrected chi connectivity index (χ1v) is 11.1. The number of fused-ring (bicyclic) bond motifs is 3. The van der Waals surface area contributed by atoms with Crippen molar-refractivity contribution in [3.05, 3.63) is 71.4 Å². The lowest BCUT2D eigenvalue weighted by Crippen LogP contribution is -2.40. The molecule has 1 aliphatic rings. The van der Waals surface area contributed by atoms with Gasteiger partial charge in [0.05, 0.1) is 0 Å². The molecule has 1 aromatic heterocycles. The number of carboxylic acid groups (broad SMARTS) is 1. The molecule has 9 heteroatoms. The first kappa shape index (κ1) is 23.0. The number of anilines is 1. The first-order valence-electron chi connectivity index (χ1n) is 11.1. The molecule has 4 rings (SSSR count). The summed E-state index contributed by atoms with van der Waals surface area (Å²) in [5.41, 5.74) is 4.47. The highest BCUT2D eigenvalue weighted by Gasteiger charge is 2.29. The lowest BCUT2D eigenvalue weighted by molar-refractivity contribution is -0.139. The zero-order valence-corrected chi connectivity index (χ0v) is 18.9. The molecule has 0 saturated heterocycles. The van der Waals surface area contributed by atoms with Crippen molar-refractivity contribution in [3.8, 4) is 11.1 Å². The Morgan fingerprint density at radius 3 is 2.29 bits per heavy atom. The quantitative estimate of drug-likeness (QED) is 0.468. The molecule has 1 aliphatic carbocycles. The number of nitrogens with zero attached hydrogens (tertiary/aromatic N) is 2. The van der Waals surface area contributed by atoms with Crippen LogP contribution in [0.3, 0.4) is 0 Å². The molecule has 2 aromatic carbocycles. The Kier molecular flexibility index (Phi) is 6.62. The number of carboxylic acids is 1. The maximum absolute atomic E-state index is 12.7. The molecule has 0 radical (unpaired) electrons. The van der Waals surface area contributed by atoms with Crippen molar-refractivity contribution in [2.45, 2.75) is 31.7 Å². The number of ether oxygens (including phenoxy) is 1. The van der Waals surface area contributed by atoms with Crippen molar-refractivity contribution in [2.75, 3.05) is 11.9 Å². The number of hydrogen-bond acceptors (Lipinski definition) is 5. The van der Waals surface area contributed by atoms with Crippen LogP contribution in [-0.2, 0) is 16.6 Å². The number of aryl methyl sites for hydroxylation is 1. The largest absolute Gasteiger partial charge is 0.480 e. The smallest absolute Gasteiger partial charge is 0.412 e. The van der Waals surface area contributed by atoms with E-state index in [2.05, 4.69) is 27.9 Å². The van der Waals surface area contributed by atoms with Gasteiger partial charge >= 0.3 is 12.1 Å². The number of amides is 2. The van der Waals surface area contributed by atoms with Gasteiger partial charge < -0.3 is 15.2 Å². The van der Waals surface area contributed by atoms with Crippen LogP contribution < -0.4 is 10.6 Å². The highest BCUT2D eigenvalue weighted by atomic mass is 16.5. The van der Waals surface area contributed by atoms with Crippen LogP contribution in [0.2, 0.25) is 0 Å². The molecule has 0 unspecified atom stereocenters. The zero-order chi connectivity index (χ0) is 24.2. The summed E-state index contributed by atoms with van der Waals surface area (Å²) in [5, 5.41) is 18.4.